The Kier molecular flexibility index (Phi) is 2.00. The fraction of sp³-hybridized carbons (Fsp3) is 0.474. The molecule has 2 unspecified atom stereocenters. The quantitative estimate of drug-likeness (QED) is 0.654. The normalized spacial score (nSPS) is 28.6. The maximum absolute atomic E-state index is 2.47. The molecule has 19 heavy (non-hydrogen) atoms. The summed E-state index contributed by atoms with van der Waals surface area (Å²) in [5.41, 5.74) is 5.11. The van der Waals surface area contributed by atoms with Gasteiger partial charge in [-0.2, -0.15) is 0 Å². The van der Waals surface area contributed by atoms with Gasteiger partial charge in [0, 0.05) is 0 Å². The van der Waals surface area contributed by atoms with E-state index in [-0.39, 0.29) is 0 Å². The van der Waals surface area contributed by atoms with E-state index in [1.807, 2.05) is 0 Å². The smallest absolute Gasteiger partial charge is 0.0114 e. The van der Waals surface area contributed by atoms with Crippen LogP contribution in [-0.2, 0) is 6.42 Å². The third-order valence-corrected chi connectivity index (χ3v) is 5.79. The number of hydrogen-bond acceptors (Lipinski definition) is 0. The molecule has 1 fully saturated rings. The summed E-state index contributed by atoms with van der Waals surface area (Å²) in [4.78, 5) is 0. The summed E-state index contributed by atoms with van der Waals surface area (Å²) >= 11 is 0. The Balaban J connectivity index is 1.84. The van der Waals surface area contributed by atoms with Crippen LogP contribution in [0.15, 0.2) is 30.3 Å². The lowest BCUT2D eigenvalue weighted by atomic mass is 9.68. The van der Waals surface area contributed by atoms with E-state index < -0.39 is 0 Å². The third-order valence-electron chi connectivity index (χ3n) is 5.79. The van der Waals surface area contributed by atoms with Crippen molar-refractivity contribution in [3.05, 3.63) is 47.0 Å². The molecule has 0 bridgehead atoms. The lowest BCUT2D eigenvalue weighted by Gasteiger charge is -2.36. The van der Waals surface area contributed by atoms with Gasteiger partial charge in [-0.25, -0.2) is 0 Å². The second-order valence-corrected chi connectivity index (χ2v) is 6.84. The first kappa shape index (κ1) is 10.5. The van der Waals surface area contributed by atoms with Gasteiger partial charge in [0.2, 0.25) is 0 Å². The van der Waals surface area contributed by atoms with Crippen molar-refractivity contribution in [2.45, 2.75) is 50.4 Å². The van der Waals surface area contributed by atoms with E-state index in [2.05, 4.69) is 30.3 Å². The van der Waals surface area contributed by atoms with E-state index >= 15 is 0 Å². The molecule has 3 aliphatic rings. The highest BCUT2D eigenvalue weighted by atomic mass is 14.4. The van der Waals surface area contributed by atoms with E-state index in [0.717, 1.165) is 17.8 Å². The minimum atomic E-state index is 0.864. The summed E-state index contributed by atoms with van der Waals surface area (Å²) in [6, 6.07) is 11.8. The summed E-state index contributed by atoms with van der Waals surface area (Å²) in [5, 5.41) is 3.12. The molecule has 1 saturated carbocycles. The van der Waals surface area contributed by atoms with Crippen molar-refractivity contribution in [1.29, 1.82) is 0 Å². The fourth-order valence-electron chi connectivity index (χ4n) is 4.76. The van der Waals surface area contributed by atoms with Crippen LogP contribution in [0.2, 0.25) is 0 Å². The van der Waals surface area contributed by atoms with Gasteiger partial charge in [-0.05, 0) is 83.7 Å². The van der Waals surface area contributed by atoms with Crippen LogP contribution in [0.3, 0.4) is 0 Å². The lowest BCUT2D eigenvalue weighted by Crippen LogP contribution is -2.20. The average molecular weight is 248 g/mol. The molecule has 0 heteroatoms. The molecule has 0 radical (unpaired) electrons. The van der Waals surface area contributed by atoms with Crippen LogP contribution < -0.4 is 0 Å². The minimum Gasteiger partial charge on any atom is -0.0614 e. The Morgan fingerprint density at radius 3 is 2.68 bits per heavy atom. The maximum atomic E-state index is 2.47. The largest absolute Gasteiger partial charge is 0.0614 e. The van der Waals surface area contributed by atoms with Gasteiger partial charge in [-0.1, -0.05) is 30.3 Å². The summed E-state index contributed by atoms with van der Waals surface area (Å²) in [6.45, 7) is 0. The van der Waals surface area contributed by atoms with Gasteiger partial charge < -0.3 is 0 Å². The molecular formula is C19H20. The van der Waals surface area contributed by atoms with Crippen molar-refractivity contribution >= 4 is 10.8 Å². The first-order valence-corrected chi connectivity index (χ1v) is 7.96. The molecule has 96 valence electrons. The van der Waals surface area contributed by atoms with Gasteiger partial charge in [0.05, 0.1) is 0 Å². The standard InChI is InChI=1S/C19H20/c1-2-13-6-7-15-8-10-16(12-4-5-12)17-11-9-14(3-1)18(13)19(15)17/h1-3,9,11-12,15-16H,4-8,10H2. The van der Waals surface area contributed by atoms with Crippen molar-refractivity contribution in [2.75, 3.05) is 0 Å². The minimum absolute atomic E-state index is 0.864. The molecule has 0 amide bonds. The van der Waals surface area contributed by atoms with E-state index in [0.29, 0.717) is 0 Å². The van der Waals surface area contributed by atoms with Gasteiger partial charge in [0.25, 0.3) is 0 Å². The zero-order chi connectivity index (χ0) is 12.4. The van der Waals surface area contributed by atoms with Gasteiger partial charge in [0.1, 0.15) is 0 Å². The fourth-order valence-corrected chi connectivity index (χ4v) is 4.76. The van der Waals surface area contributed by atoms with Crippen LogP contribution in [0.5, 0.6) is 0 Å². The zero-order valence-corrected chi connectivity index (χ0v) is 11.4. The second-order valence-electron chi connectivity index (χ2n) is 6.84. The summed E-state index contributed by atoms with van der Waals surface area (Å²) in [6.07, 6.45) is 8.55. The van der Waals surface area contributed by atoms with Crippen molar-refractivity contribution < 1.29 is 0 Å². The number of hydrogen-bond donors (Lipinski definition) is 0. The van der Waals surface area contributed by atoms with Gasteiger partial charge in [-0.15, -0.1) is 0 Å². The zero-order valence-electron chi connectivity index (χ0n) is 11.4. The van der Waals surface area contributed by atoms with Crippen molar-refractivity contribution in [2.24, 2.45) is 5.92 Å². The first-order valence-electron chi connectivity index (χ1n) is 7.96. The SMILES string of the molecule is c1cc2c3c4c(ccc3c1)C(C1CC1)CCC4CC2. The van der Waals surface area contributed by atoms with Gasteiger partial charge in [-0.3, -0.25) is 0 Å². The van der Waals surface area contributed by atoms with Crippen LogP contribution in [0, 0.1) is 5.92 Å². The van der Waals surface area contributed by atoms with Crippen LogP contribution in [0.4, 0.5) is 0 Å². The Morgan fingerprint density at radius 1 is 0.842 bits per heavy atom. The molecule has 0 aromatic heterocycles. The monoisotopic (exact) mass is 248 g/mol. The molecule has 2 atom stereocenters. The Bertz CT molecular complexity index is 663. The summed E-state index contributed by atoms with van der Waals surface area (Å²) < 4.78 is 0. The molecule has 0 aliphatic heterocycles. The third kappa shape index (κ3) is 1.40. The van der Waals surface area contributed by atoms with Gasteiger partial charge >= 0.3 is 0 Å². The van der Waals surface area contributed by atoms with E-state index in [9.17, 15) is 0 Å². The second kappa shape index (κ2) is 3.62. The van der Waals surface area contributed by atoms with Crippen molar-refractivity contribution in [3.8, 4) is 0 Å². The molecule has 0 nitrogen and oxygen atoms in total. The van der Waals surface area contributed by atoms with Crippen LogP contribution >= 0.6 is 0 Å². The summed E-state index contributed by atoms with van der Waals surface area (Å²) in [5.74, 6) is 2.77. The van der Waals surface area contributed by atoms with E-state index in [4.69, 9.17) is 0 Å². The molecule has 2 aromatic carbocycles. The van der Waals surface area contributed by atoms with Crippen molar-refractivity contribution in [1.82, 2.24) is 0 Å². The number of benzene rings is 2. The Hall–Kier alpha value is -1.30. The lowest BCUT2D eigenvalue weighted by molar-refractivity contribution is 0.433. The highest BCUT2D eigenvalue weighted by Crippen LogP contribution is 2.54. The van der Waals surface area contributed by atoms with Crippen molar-refractivity contribution in [3.63, 3.8) is 0 Å². The molecule has 2 aromatic rings. The van der Waals surface area contributed by atoms with E-state index in [1.54, 1.807) is 22.1 Å². The predicted molar refractivity (Wildman–Crippen MR) is 79.7 cm³/mol. The number of rotatable bonds is 1. The van der Waals surface area contributed by atoms with Crippen LogP contribution in [0.25, 0.3) is 10.8 Å². The molecule has 0 heterocycles. The Morgan fingerprint density at radius 2 is 1.79 bits per heavy atom. The average Bonchev–Trinajstić information content (AvgIpc) is 3.29. The topological polar surface area (TPSA) is 0 Å². The molecule has 0 N–H and O–H groups in total. The number of aryl methyl sites for hydroxylation is 1. The predicted octanol–water partition coefficient (Wildman–Crippen LogP) is 5.16. The van der Waals surface area contributed by atoms with Crippen LogP contribution in [0.1, 0.15) is 60.6 Å². The molecule has 0 saturated heterocycles. The first-order chi connectivity index (χ1) is 9.42. The molecule has 5 rings (SSSR count). The highest BCUT2D eigenvalue weighted by molar-refractivity contribution is 5.91. The maximum Gasteiger partial charge on any atom is -0.0114 e. The Labute approximate surface area is 114 Å². The van der Waals surface area contributed by atoms with Crippen LogP contribution in [-0.4, -0.2) is 0 Å². The van der Waals surface area contributed by atoms with E-state index in [1.165, 1.54) is 43.9 Å². The highest BCUT2D eigenvalue weighted by Gasteiger charge is 2.39. The molecular weight excluding hydrogens is 228 g/mol. The molecule has 3 aliphatic carbocycles. The molecule has 0 spiro atoms. The summed E-state index contributed by atoms with van der Waals surface area (Å²) in [7, 11) is 0. The van der Waals surface area contributed by atoms with Gasteiger partial charge in [0.15, 0.2) is 0 Å².